The number of nitrogens with one attached hydrogen (secondary N) is 1. The van der Waals surface area contributed by atoms with Gasteiger partial charge in [0.1, 0.15) is 12.2 Å². The minimum absolute atomic E-state index is 0.0251. The predicted molar refractivity (Wildman–Crippen MR) is 138 cm³/mol. The van der Waals surface area contributed by atoms with Crippen molar-refractivity contribution in [2.75, 3.05) is 42.5 Å². The van der Waals surface area contributed by atoms with E-state index >= 15 is 0 Å². The summed E-state index contributed by atoms with van der Waals surface area (Å²) in [5.41, 5.74) is 4.58. The molecule has 1 atom stereocenters. The molecule has 1 saturated heterocycles. The molecule has 3 aliphatic heterocycles. The summed E-state index contributed by atoms with van der Waals surface area (Å²) in [7, 11) is 0. The highest BCUT2D eigenvalue weighted by Crippen LogP contribution is 2.30. The second-order valence-electron chi connectivity index (χ2n) is 10.2. The molecule has 0 bridgehead atoms. The van der Waals surface area contributed by atoms with Gasteiger partial charge < -0.3 is 19.7 Å². The van der Waals surface area contributed by atoms with E-state index in [1.54, 1.807) is 6.33 Å². The number of benzene rings is 1. The number of anilines is 2. The van der Waals surface area contributed by atoms with Crippen LogP contribution in [0.3, 0.4) is 0 Å². The molecule has 3 aromatic rings. The van der Waals surface area contributed by atoms with Gasteiger partial charge in [0.2, 0.25) is 5.91 Å². The SMILES string of the molecule is O=C(NCCN1CCCc2ccccc21)C1CCCN(c2ncnc3c2nc2n3CCCCC2)C1. The molecule has 3 aliphatic rings. The third kappa shape index (κ3) is 4.46. The summed E-state index contributed by atoms with van der Waals surface area (Å²) >= 11 is 0. The molecule has 1 fully saturated rings. The Kier molecular flexibility index (Phi) is 6.27. The molecule has 8 heteroatoms. The first kappa shape index (κ1) is 22.3. The number of hydrogen-bond acceptors (Lipinski definition) is 6. The Morgan fingerprint density at radius 1 is 1.00 bits per heavy atom. The van der Waals surface area contributed by atoms with Crippen LogP contribution in [0.5, 0.6) is 0 Å². The smallest absolute Gasteiger partial charge is 0.224 e. The van der Waals surface area contributed by atoms with Crippen molar-refractivity contribution in [1.82, 2.24) is 24.8 Å². The van der Waals surface area contributed by atoms with Crippen LogP contribution in [-0.2, 0) is 24.2 Å². The van der Waals surface area contributed by atoms with E-state index in [4.69, 9.17) is 4.98 Å². The quantitative estimate of drug-likeness (QED) is 0.612. The Labute approximate surface area is 206 Å². The molecule has 2 aromatic heterocycles. The highest BCUT2D eigenvalue weighted by Gasteiger charge is 2.29. The van der Waals surface area contributed by atoms with Crippen LogP contribution in [0.4, 0.5) is 11.5 Å². The topological polar surface area (TPSA) is 79.2 Å². The van der Waals surface area contributed by atoms with E-state index in [0.717, 1.165) is 74.7 Å². The molecule has 1 aromatic carbocycles. The first-order chi connectivity index (χ1) is 17.3. The number of carbonyl (C=O) groups excluding carboxylic acids is 1. The van der Waals surface area contributed by atoms with Crippen molar-refractivity contribution in [2.24, 2.45) is 5.92 Å². The summed E-state index contributed by atoms with van der Waals surface area (Å²) in [5, 5.41) is 3.23. The minimum atomic E-state index is -0.0251. The zero-order valence-corrected chi connectivity index (χ0v) is 20.5. The fourth-order valence-corrected chi connectivity index (χ4v) is 6.04. The first-order valence-corrected chi connectivity index (χ1v) is 13.3. The van der Waals surface area contributed by atoms with Gasteiger partial charge in [0.05, 0.1) is 5.92 Å². The molecule has 184 valence electrons. The van der Waals surface area contributed by atoms with Crippen LogP contribution in [0.15, 0.2) is 30.6 Å². The molecule has 1 amide bonds. The lowest BCUT2D eigenvalue weighted by Gasteiger charge is -2.33. The van der Waals surface area contributed by atoms with Crippen LogP contribution in [0, 0.1) is 5.92 Å². The molecular weight excluding hydrogens is 438 g/mol. The average Bonchev–Trinajstić information content (AvgIpc) is 3.09. The highest BCUT2D eigenvalue weighted by molar-refractivity contribution is 5.85. The maximum Gasteiger partial charge on any atom is 0.224 e. The molecule has 0 spiro atoms. The van der Waals surface area contributed by atoms with Gasteiger partial charge in [0, 0.05) is 51.4 Å². The lowest BCUT2D eigenvalue weighted by Crippen LogP contribution is -2.45. The van der Waals surface area contributed by atoms with Crippen LogP contribution in [0.25, 0.3) is 11.2 Å². The maximum atomic E-state index is 13.1. The molecule has 0 saturated carbocycles. The Balaban J connectivity index is 1.11. The van der Waals surface area contributed by atoms with Gasteiger partial charge in [-0.2, -0.15) is 0 Å². The second kappa shape index (κ2) is 9.84. The summed E-state index contributed by atoms with van der Waals surface area (Å²) in [6.45, 7) is 5.16. The Morgan fingerprint density at radius 2 is 1.94 bits per heavy atom. The first-order valence-electron chi connectivity index (χ1n) is 13.3. The van der Waals surface area contributed by atoms with Gasteiger partial charge in [0.25, 0.3) is 0 Å². The van der Waals surface area contributed by atoms with E-state index in [9.17, 15) is 4.79 Å². The van der Waals surface area contributed by atoms with Gasteiger partial charge in [-0.1, -0.05) is 24.6 Å². The number of carbonyl (C=O) groups is 1. The van der Waals surface area contributed by atoms with Crippen molar-refractivity contribution in [3.63, 3.8) is 0 Å². The van der Waals surface area contributed by atoms with E-state index in [0.29, 0.717) is 13.1 Å². The zero-order valence-electron chi connectivity index (χ0n) is 20.5. The molecule has 6 rings (SSSR count). The van der Waals surface area contributed by atoms with Crippen molar-refractivity contribution < 1.29 is 4.79 Å². The monoisotopic (exact) mass is 473 g/mol. The largest absolute Gasteiger partial charge is 0.370 e. The molecular formula is C27H35N7O. The summed E-state index contributed by atoms with van der Waals surface area (Å²) < 4.78 is 2.28. The molecule has 0 aliphatic carbocycles. The molecule has 0 radical (unpaired) electrons. The third-order valence-corrected chi connectivity index (χ3v) is 7.85. The number of aromatic nitrogens is 4. The van der Waals surface area contributed by atoms with Crippen LogP contribution < -0.4 is 15.1 Å². The van der Waals surface area contributed by atoms with E-state index in [-0.39, 0.29) is 11.8 Å². The van der Waals surface area contributed by atoms with Gasteiger partial charge in [-0.3, -0.25) is 4.79 Å². The standard InChI is InChI=1S/C27H35N7O/c35-27(28-13-17-32-14-6-9-20-8-3-4-11-22(20)32)21-10-7-15-33(18-21)25-24-26(30-19-29-25)34-16-5-1-2-12-23(34)31-24/h3-4,8,11,19,21H,1-2,5-7,9-10,12-18H2,(H,28,35). The second-order valence-corrected chi connectivity index (χ2v) is 10.2. The fraction of sp³-hybridized carbons (Fsp3) is 0.556. The van der Waals surface area contributed by atoms with Gasteiger partial charge in [-0.05, 0) is 50.2 Å². The number of hydrogen-bond donors (Lipinski definition) is 1. The van der Waals surface area contributed by atoms with E-state index in [2.05, 4.69) is 53.9 Å². The average molecular weight is 474 g/mol. The number of amides is 1. The van der Waals surface area contributed by atoms with Crippen LogP contribution in [0.2, 0.25) is 0 Å². The molecule has 1 unspecified atom stereocenters. The molecule has 5 heterocycles. The maximum absolute atomic E-state index is 13.1. The van der Waals surface area contributed by atoms with Gasteiger partial charge >= 0.3 is 0 Å². The van der Waals surface area contributed by atoms with Crippen molar-refractivity contribution in [2.45, 2.75) is 57.9 Å². The fourth-order valence-electron chi connectivity index (χ4n) is 6.04. The summed E-state index contributed by atoms with van der Waals surface area (Å²) in [6, 6.07) is 8.64. The number of para-hydroxylation sites is 1. The Morgan fingerprint density at radius 3 is 2.91 bits per heavy atom. The lowest BCUT2D eigenvalue weighted by atomic mass is 9.97. The van der Waals surface area contributed by atoms with Crippen molar-refractivity contribution >= 4 is 28.6 Å². The van der Waals surface area contributed by atoms with E-state index < -0.39 is 0 Å². The van der Waals surface area contributed by atoms with E-state index in [1.165, 1.54) is 36.9 Å². The summed E-state index contributed by atoms with van der Waals surface area (Å²) in [4.78, 5) is 32.0. The highest BCUT2D eigenvalue weighted by atomic mass is 16.1. The minimum Gasteiger partial charge on any atom is -0.370 e. The van der Waals surface area contributed by atoms with Gasteiger partial charge in [-0.15, -0.1) is 0 Å². The van der Waals surface area contributed by atoms with Crippen molar-refractivity contribution in [3.05, 3.63) is 42.0 Å². The number of rotatable bonds is 5. The van der Waals surface area contributed by atoms with Gasteiger partial charge in [0.15, 0.2) is 17.0 Å². The van der Waals surface area contributed by atoms with E-state index in [1.807, 2.05) is 0 Å². The Bertz CT molecular complexity index is 1210. The number of aryl methyl sites for hydroxylation is 3. The molecule has 8 nitrogen and oxygen atoms in total. The zero-order chi connectivity index (χ0) is 23.6. The number of piperidine rings is 1. The predicted octanol–water partition coefficient (Wildman–Crippen LogP) is 3.34. The molecule has 35 heavy (non-hydrogen) atoms. The van der Waals surface area contributed by atoms with Crippen LogP contribution in [-0.4, -0.2) is 58.1 Å². The number of imidazole rings is 1. The summed E-state index contributed by atoms with van der Waals surface area (Å²) in [6.07, 6.45) is 10.5. The third-order valence-electron chi connectivity index (χ3n) is 7.85. The molecule has 1 N–H and O–H groups in total. The van der Waals surface area contributed by atoms with Crippen LogP contribution >= 0.6 is 0 Å². The normalized spacial score (nSPS) is 20.3. The number of nitrogens with zero attached hydrogens (tertiary/aromatic N) is 6. The van der Waals surface area contributed by atoms with Crippen molar-refractivity contribution in [1.29, 1.82) is 0 Å². The number of fused-ring (bicyclic) bond motifs is 4. The Hall–Kier alpha value is -3.16. The van der Waals surface area contributed by atoms with Gasteiger partial charge in [-0.25, -0.2) is 15.0 Å². The lowest BCUT2D eigenvalue weighted by molar-refractivity contribution is -0.125. The van der Waals surface area contributed by atoms with Crippen LogP contribution in [0.1, 0.15) is 49.9 Å². The summed E-state index contributed by atoms with van der Waals surface area (Å²) in [5.74, 6) is 2.15. The van der Waals surface area contributed by atoms with Crippen molar-refractivity contribution in [3.8, 4) is 0 Å².